The standard InChI is InChI=1S/C18H18N4O2/c23-8-7-12-10-19-17-9-16(21-22(17)11-12)18(24)20-15-6-5-13-3-1-2-4-14(13)15/h1-4,9-11,15,23H,5-8H2,(H,20,24)/t15-/m0/s1. The third-order valence-electron chi connectivity index (χ3n) is 4.44. The quantitative estimate of drug-likeness (QED) is 0.766. The molecule has 1 aliphatic carbocycles. The number of aryl methyl sites for hydroxylation is 1. The van der Waals surface area contributed by atoms with Crippen molar-refractivity contribution in [3.63, 3.8) is 0 Å². The van der Waals surface area contributed by atoms with Crippen molar-refractivity contribution in [3.8, 4) is 0 Å². The van der Waals surface area contributed by atoms with Crippen LogP contribution in [0.3, 0.4) is 0 Å². The SMILES string of the molecule is O=C(N[C@H]1CCc2ccccc21)c1cc2ncc(CCO)cn2n1. The molecule has 1 amide bonds. The second kappa shape index (κ2) is 6.05. The Balaban J connectivity index is 1.55. The molecule has 0 unspecified atom stereocenters. The summed E-state index contributed by atoms with van der Waals surface area (Å²) in [4.78, 5) is 16.8. The van der Waals surface area contributed by atoms with Crippen LogP contribution in [0, 0.1) is 0 Å². The lowest BCUT2D eigenvalue weighted by Gasteiger charge is -2.12. The third-order valence-corrected chi connectivity index (χ3v) is 4.44. The number of aliphatic hydroxyl groups is 1. The van der Waals surface area contributed by atoms with E-state index in [0.29, 0.717) is 17.8 Å². The number of benzene rings is 1. The molecule has 0 fully saturated rings. The van der Waals surface area contributed by atoms with Gasteiger partial charge in [0.2, 0.25) is 0 Å². The van der Waals surface area contributed by atoms with Crippen LogP contribution in [-0.2, 0) is 12.8 Å². The van der Waals surface area contributed by atoms with Gasteiger partial charge in [0.1, 0.15) is 0 Å². The van der Waals surface area contributed by atoms with Crippen molar-refractivity contribution in [1.29, 1.82) is 0 Å². The highest BCUT2D eigenvalue weighted by Crippen LogP contribution is 2.30. The second-order valence-electron chi connectivity index (χ2n) is 6.03. The van der Waals surface area contributed by atoms with Gasteiger partial charge >= 0.3 is 0 Å². The smallest absolute Gasteiger partial charge is 0.272 e. The molecule has 0 bridgehead atoms. The number of hydrogen-bond donors (Lipinski definition) is 2. The lowest BCUT2D eigenvalue weighted by Crippen LogP contribution is -2.27. The molecule has 3 aromatic rings. The average Bonchev–Trinajstić information content (AvgIpc) is 3.19. The number of aromatic nitrogens is 3. The van der Waals surface area contributed by atoms with Crippen LogP contribution in [0.15, 0.2) is 42.7 Å². The zero-order valence-electron chi connectivity index (χ0n) is 13.1. The average molecular weight is 322 g/mol. The molecule has 0 saturated heterocycles. The van der Waals surface area contributed by atoms with Gasteiger partial charge < -0.3 is 10.4 Å². The fraction of sp³-hybridized carbons (Fsp3) is 0.278. The molecule has 24 heavy (non-hydrogen) atoms. The number of hydrogen-bond acceptors (Lipinski definition) is 4. The van der Waals surface area contributed by atoms with E-state index in [1.807, 2.05) is 12.1 Å². The van der Waals surface area contributed by atoms with E-state index in [0.717, 1.165) is 18.4 Å². The molecule has 2 heterocycles. The first-order chi connectivity index (χ1) is 11.7. The Bertz CT molecular complexity index is 903. The van der Waals surface area contributed by atoms with E-state index >= 15 is 0 Å². The van der Waals surface area contributed by atoms with Crippen LogP contribution in [0.5, 0.6) is 0 Å². The summed E-state index contributed by atoms with van der Waals surface area (Å²) in [6.45, 7) is 0.0584. The van der Waals surface area contributed by atoms with Crippen molar-refractivity contribution in [3.05, 3.63) is 65.1 Å². The van der Waals surface area contributed by atoms with E-state index in [1.54, 1.807) is 23.0 Å². The first-order valence-electron chi connectivity index (χ1n) is 8.08. The summed E-state index contributed by atoms with van der Waals surface area (Å²) < 4.78 is 1.59. The first-order valence-corrected chi connectivity index (χ1v) is 8.08. The lowest BCUT2D eigenvalue weighted by molar-refractivity contribution is 0.0931. The molecule has 4 rings (SSSR count). The Labute approximate surface area is 139 Å². The molecule has 6 nitrogen and oxygen atoms in total. The van der Waals surface area contributed by atoms with Crippen molar-refractivity contribution in [2.24, 2.45) is 0 Å². The molecular formula is C18H18N4O2. The zero-order valence-corrected chi connectivity index (χ0v) is 13.1. The van der Waals surface area contributed by atoms with Crippen LogP contribution >= 0.6 is 0 Å². The van der Waals surface area contributed by atoms with Crippen LogP contribution in [0.25, 0.3) is 5.65 Å². The van der Waals surface area contributed by atoms with Gasteiger partial charge in [-0.2, -0.15) is 5.10 Å². The minimum absolute atomic E-state index is 0.0384. The number of carbonyl (C=O) groups excluding carboxylic acids is 1. The normalized spacial score (nSPS) is 16.3. The van der Waals surface area contributed by atoms with E-state index in [9.17, 15) is 4.79 Å². The molecule has 2 aromatic heterocycles. The van der Waals surface area contributed by atoms with Gasteiger partial charge in [-0.25, -0.2) is 9.50 Å². The number of nitrogens with one attached hydrogen (secondary N) is 1. The molecule has 0 aliphatic heterocycles. The van der Waals surface area contributed by atoms with Gasteiger partial charge in [0.05, 0.1) is 6.04 Å². The van der Waals surface area contributed by atoms with Gasteiger partial charge in [-0.05, 0) is 36.0 Å². The summed E-state index contributed by atoms with van der Waals surface area (Å²) in [5.74, 6) is -0.189. The van der Waals surface area contributed by atoms with Crippen LogP contribution in [0.2, 0.25) is 0 Å². The number of nitrogens with zero attached hydrogens (tertiary/aromatic N) is 3. The Morgan fingerprint density at radius 1 is 1.38 bits per heavy atom. The van der Waals surface area contributed by atoms with Gasteiger partial charge in [0.25, 0.3) is 5.91 Å². The van der Waals surface area contributed by atoms with Crippen molar-refractivity contribution in [2.75, 3.05) is 6.61 Å². The highest BCUT2D eigenvalue weighted by molar-refractivity contribution is 5.93. The van der Waals surface area contributed by atoms with Gasteiger partial charge in [0.15, 0.2) is 11.3 Å². The lowest BCUT2D eigenvalue weighted by atomic mass is 10.1. The van der Waals surface area contributed by atoms with Gasteiger partial charge in [0, 0.05) is 25.1 Å². The Hall–Kier alpha value is -2.73. The predicted octanol–water partition coefficient (Wildman–Crippen LogP) is 1.68. The Morgan fingerprint density at radius 2 is 2.25 bits per heavy atom. The van der Waals surface area contributed by atoms with Gasteiger partial charge in [-0.3, -0.25) is 4.79 Å². The van der Waals surface area contributed by atoms with Crippen molar-refractivity contribution >= 4 is 11.6 Å². The first kappa shape index (κ1) is 14.8. The Morgan fingerprint density at radius 3 is 3.12 bits per heavy atom. The van der Waals surface area contributed by atoms with Gasteiger partial charge in [-0.15, -0.1) is 0 Å². The second-order valence-corrected chi connectivity index (χ2v) is 6.03. The van der Waals surface area contributed by atoms with E-state index in [4.69, 9.17) is 5.11 Å². The number of fused-ring (bicyclic) bond motifs is 2. The largest absolute Gasteiger partial charge is 0.396 e. The maximum atomic E-state index is 12.5. The van der Waals surface area contributed by atoms with E-state index in [1.165, 1.54) is 11.1 Å². The summed E-state index contributed by atoms with van der Waals surface area (Å²) in [7, 11) is 0. The van der Waals surface area contributed by atoms with Crippen LogP contribution in [0.1, 0.15) is 39.6 Å². The zero-order chi connectivity index (χ0) is 16.5. The summed E-state index contributed by atoms with van der Waals surface area (Å²) in [5, 5.41) is 16.4. The van der Waals surface area contributed by atoms with Crippen molar-refractivity contribution in [1.82, 2.24) is 19.9 Å². The summed E-state index contributed by atoms with van der Waals surface area (Å²) in [6, 6.07) is 9.93. The minimum atomic E-state index is -0.189. The summed E-state index contributed by atoms with van der Waals surface area (Å²) >= 11 is 0. The van der Waals surface area contributed by atoms with E-state index in [2.05, 4.69) is 27.5 Å². The molecule has 1 atom stereocenters. The topological polar surface area (TPSA) is 79.5 Å². The monoisotopic (exact) mass is 322 g/mol. The minimum Gasteiger partial charge on any atom is -0.396 e. The fourth-order valence-electron chi connectivity index (χ4n) is 3.22. The molecule has 2 N–H and O–H groups in total. The number of rotatable bonds is 4. The summed E-state index contributed by atoms with van der Waals surface area (Å²) in [5.41, 5.74) is 4.34. The third kappa shape index (κ3) is 2.65. The van der Waals surface area contributed by atoms with E-state index < -0.39 is 0 Å². The molecule has 122 valence electrons. The number of carbonyl (C=O) groups is 1. The van der Waals surface area contributed by atoms with E-state index in [-0.39, 0.29) is 18.6 Å². The highest BCUT2D eigenvalue weighted by Gasteiger charge is 2.24. The van der Waals surface area contributed by atoms with Gasteiger partial charge in [-0.1, -0.05) is 24.3 Å². The molecule has 1 aliphatic rings. The van der Waals surface area contributed by atoms with Crippen LogP contribution in [-0.4, -0.2) is 32.2 Å². The molecular weight excluding hydrogens is 304 g/mol. The highest BCUT2D eigenvalue weighted by atomic mass is 16.3. The maximum absolute atomic E-state index is 12.5. The maximum Gasteiger partial charge on any atom is 0.272 e. The number of amides is 1. The predicted molar refractivity (Wildman–Crippen MR) is 88.7 cm³/mol. The number of aliphatic hydroxyl groups excluding tert-OH is 1. The van der Waals surface area contributed by atoms with Crippen LogP contribution in [0.4, 0.5) is 0 Å². The van der Waals surface area contributed by atoms with Crippen LogP contribution < -0.4 is 5.32 Å². The fourth-order valence-corrected chi connectivity index (χ4v) is 3.22. The molecule has 6 heteroatoms. The molecule has 0 saturated carbocycles. The molecule has 1 aromatic carbocycles. The van der Waals surface area contributed by atoms with Crippen molar-refractivity contribution in [2.45, 2.75) is 25.3 Å². The summed E-state index contributed by atoms with van der Waals surface area (Å²) in [6.07, 6.45) is 5.90. The molecule has 0 spiro atoms. The Kier molecular flexibility index (Phi) is 3.74. The van der Waals surface area contributed by atoms with Crippen molar-refractivity contribution < 1.29 is 9.90 Å². The molecule has 0 radical (unpaired) electrons.